The monoisotopic (exact) mass is 274 g/mol. The first-order valence-corrected chi connectivity index (χ1v) is 6.24. The summed E-state index contributed by atoms with van der Waals surface area (Å²) in [5, 5.41) is 13.7. The van der Waals surface area contributed by atoms with Crippen molar-refractivity contribution in [1.82, 2.24) is 0 Å². The number of halogens is 2. The Morgan fingerprint density at radius 3 is 2.56 bits per heavy atom. The number of nitrogens with zero attached hydrogens (tertiary/aromatic N) is 1. The van der Waals surface area contributed by atoms with Crippen LogP contribution in [0.3, 0.4) is 0 Å². The molecule has 1 aromatic rings. The molecule has 0 saturated carbocycles. The molecule has 0 radical (unpaired) electrons. The average Bonchev–Trinajstić information content (AvgIpc) is 2.34. The molecular formula is C12H16ClFN2O2. The van der Waals surface area contributed by atoms with Gasteiger partial charge in [0.25, 0.3) is 5.69 Å². The van der Waals surface area contributed by atoms with Gasteiger partial charge in [0, 0.05) is 6.54 Å². The number of benzene rings is 1. The Bertz CT molecular complexity index is 436. The number of hydrogen-bond donors (Lipinski definition) is 1. The van der Waals surface area contributed by atoms with Crippen molar-refractivity contribution < 1.29 is 9.31 Å². The van der Waals surface area contributed by atoms with E-state index >= 15 is 0 Å². The molecule has 0 fully saturated rings. The van der Waals surface area contributed by atoms with E-state index in [1.165, 1.54) is 6.07 Å². The summed E-state index contributed by atoms with van der Waals surface area (Å²) in [5.74, 6) is -0.357. The first-order chi connectivity index (χ1) is 8.49. The number of hydrogen-bond acceptors (Lipinski definition) is 3. The topological polar surface area (TPSA) is 55.2 Å². The van der Waals surface area contributed by atoms with Crippen molar-refractivity contribution in [2.75, 3.05) is 11.9 Å². The summed E-state index contributed by atoms with van der Waals surface area (Å²) in [6.45, 7) is 4.72. The van der Waals surface area contributed by atoms with Crippen LogP contribution in [0.2, 0.25) is 5.02 Å². The lowest BCUT2D eigenvalue weighted by Gasteiger charge is -2.14. The zero-order chi connectivity index (χ0) is 13.7. The third kappa shape index (κ3) is 3.57. The molecule has 0 spiro atoms. The number of nitrogens with one attached hydrogen (secondary N) is 1. The summed E-state index contributed by atoms with van der Waals surface area (Å²) in [6.07, 6.45) is 1.96. The van der Waals surface area contributed by atoms with E-state index in [1.807, 2.05) is 0 Å². The second-order valence-electron chi connectivity index (χ2n) is 4.10. The van der Waals surface area contributed by atoms with Crippen LogP contribution in [-0.4, -0.2) is 11.5 Å². The predicted molar refractivity (Wildman–Crippen MR) is 70.6 cm³/mol. The van der Waals surface area contributed by atoms with Crippen LogP contribution in [0, 0.1) is 21.8 Å². The summed E-state index contributed by atoms with van der Waals surface area (Å²) >= 11 is 5.64. The van der Waals surface area contributed by atoms with Gasteiger partial charge in [-0.15, -0.1) is 0 Å². The molecule has 0 amide bonds. The summed E-state index contributed by atoms with van der Waals surface area (Å²) in [6, 6.07) is 2.11. The minimum atomic E-state index is -0.781. The van der Waals surface area contributed by atoms with Gasteiger partial charge in [-0.3, -0.25) is 10.1 Å². The highest BCUT2D eigenvalue weighted by molar-refractivity contribution is 6.31. The summed E-state index contributed by atoms with van der Waals surface area (Å²) in [7, 11) is 0. The van der Waals surface area contributed by atoms with Gasteiger partial charge in [0.05, 0.1) is 16.0 Å². The second kappa shape index (κ2) is 6.54. The van der Waals surface area contributed by atoms with Gasteiger partial charge >= 0.3 is 0 Å². The third-order valence-corrected chi connectivity index (χ3v) is 3.26. The van der Waals surface area contributed by atoms with E-state index in [0.29, 0.717) is 12.5 Å². The highest BCUT2D eigenvalue weighted by Crippen LogP contribution is 2.30. The van der Waals surface area contributed by atoms with E-state index in [2.05, 4.69) is 19.2 Å². The summed E-state index contributed by atoms with van der Waals surface area (Å²) in [5.41, 5.74) is -0.0267. The van der Waals surface area contributed by atoms with Crippen molar-refractivity contribution in [3.63, 3.8) is 0 Å². The molecule has 0 unspecified atom stereocenters. The molecule has 0 bridgehead atoms. The van der Waals surface area contributed by atoms with E-state index in [1.54, 1.807) is 0 Å². The third-order valence-electron chi connectivity index (χ3n) is 2.97. The van der Waals surface area contributed by atoms with Gasteiger partial charge in [0.1, 0.15) is 11.5 Å². The number of nitro groups is 1. The Labute approximate surface area is 110 Å². The number of anilines is 1. The molecule has 0 aliphatic heterocycles. The van der Waals surface area contributed by atoms with Crippen LogP contribution in [0.4, 0.5) is 15.8 Å². The normalized spacial score (nSPS) is 10.7. The Morgan fingerprint density at radius 2 is 2.06 bits per heavy atom. The van der Waals surface area contributed by atoms with Gasteiger partial charge in [0.15, 0.2) is 0 Å². The van der Waals surface area contributed by atoms with E-state index in [0.717, 1.165) is 18.9 Å². The van der Waals surface area contributed by atoms with Crippen LogP contribution in [-0.2, 0) is 0 Å². The molecule has 0 heterocycles. The van der Waals surface area contributed by atoms with Crippen molar-refractivity contribution in [2.45, 2.75) is 26.7 Å². The molecule has 0 aliphatic rings. The van der Waals surface area contributed by atoms with Crippen molar-refractivity contribution in [1.29, 1.82) is 0 Å². The number of nitro benzene ring substituents is 1. The Kier molecular flexibility index (Phi) is 5.34. The minimum absolute atomic E-state index is 0.118. The standard InChI is InChI=1S/C12H16ClFN2O2/c1-3-8(4-2)7-15-11-5-9(13)10(14)6-12(11)16(17)18/h5-6,8,15H,3-4,7H2,1-2H3. The van der Waals surface area contributed by atoms with E-state index in [4.69, 9.17) is 11.6 Å². The maximum absolute atomic E-state index is 13.2. The molecule has 1 aromatic carbocycles. The first-order valence-electron chi connectivity index (χ1n) is 5.86. The summed E-state index contributed by atoms with van der Waals surface area (Å²) in [4.78, 5) is 10.2. The SMILES string of the molecule is CCC(CC)CNc1cc(Cl)c(F)cc1[N+](=O)[O-]. The fraction of sp³-hybridized carbons (Fsp3) is 0.500. The van der Waals surface area contributed by atoms with Gasteiger partial charge in [0.2, 0.25) is 0 Å². The van der Waals surface area contributed by atoms with Crippen molar-refractivity contribution in [3.05, 3.63) is 33.1 Å². The summed E-state index contributed by atoms with van der Waals surface area (Å²) < 4.78 is 13.2. The van der Waals surface area contributed by atoms with Crippen LogP contribution >= 0.6 is 11.6 Å². The number of rotatable bonds is 6. The van der Waals surface area contributed by atoms with Crippen LogP contribution in [0.5, 0.6) is 0 Å². The van der Waals surface area contributed by atoms with Crippen molar-refractivity contribution >= 4 is 23.0 Å². The Morgan fingerprint density at radius 1 is 1.44 bits per heavy atom. The van der Waals surface area contributed by atoms with Gasteiger partial charge in [-0.1, -0.05) is 38.3 Å². The Balaban J connectivity index is 2.93. The Hall–Kier alpha value is -1.36. The first kappa shape index (κ1) is 14.7. The molecule has 6 heteroatoms. The second-order valence-corrected chi connectivity index (χ2v) is 4.51. The average molecular weight is 275 g/mol. The lowest BCUT2D eigenvalue weighted by atomic mass is 10.0. The largest absolute Gasteiger partial charge is 0.379 e. The van der Waals surface area contributed by atoms with Gasteiger partial charge in [-0.25, -0.2) is 4.39 Å². The van der Waals surface area contributed by atoms with E-state index in [-0.39, 0.29) is 16.4 Å². The molecule has 0 aliphatic carbocycles. The fourth-order valence-electron chi connectivity index (χ4n) is 1.66. The van der Waals surface area contributed by atoms with Crippen molar-refractivity contribution in [2.24, 2.45) is 5.92 Å². The highest BCUT2D eigenvalue weighted by Gasteiger charge is 2.18. The minimum Gasteiger partial charge on any atom is -0.379 e. The fourth-order valence-corrected chi connectivity index (χ4v) is 1.82. The molecule has 0 aromatic heterocycles. The molecule has 4 nitrogen and oxygen atoms in total. The van der Waals surface area contributed by atoms with Gasteiger partial charge in [-0.05, 0) is 12.0 Å². The molecule has 18 heavy (non-hydrogen) atoms. The molecule has 100 valence electrons. The zero-order valence-electron chi connectivity index (χ0n) is 10.4. The maximum atomic E-state index is 13.2. The molecule has 1 N–H and O–H groups in total. The lowest BCUT2D eigenvalue weighted by Crippen LogP contribution is -2.13. The molecule has 0 saturated heterocycles. The van der Waals surface area contributed by atoms with E-state index < -0.39 is 10.7 Å². The lowest BCUT2D eigenvalue weighted by molar-refractivity contribution is -0.384. The quantitative estimate of drug-likeness (QED) is 0.624. The molecule has 0 atom stereocenters. The predicted octanol–water partition coefficient (Wildman–Crippen LogP) is 4.24. The van der Waals surface area contributed by atoms with Gasteiger partial charge < -0.3 is 5.32 Å². The van der Waals surface area contributed by atoms with Crippen LogP contribution < -0.4 is 5.32 Å². The van der Waals surface area contributed by atoms with Crippen LogP contribution in [0.25, 0.3) is 0 Å². The molecular weight excluding hydrogens is 259 g/mol. The highest BCUT2D eigenvalue weighted by atomic mass is 35.5. The van der Waals surface area contributed by atoms with Crippen LogP contribution in [0.15, 0.2) is 12.1 Å². The smallest absolute Gasteiger partial charge is 0.295 e. The van der Waals surface area contributed by atoms with E-state index in [9.17, 15) is 14.5 Å². The van der Waals surface area contributed by atoms with Crippen LogP contribution in [0.1, 0.15) is 26.7 Å². The molecule has 1 rings (SSSR count). The van der Waals surface area contributed by atoms with Gasteiger partial charge in [-0.2, -0.15) is 0 Å². The zero-order valence-corrected chi connectivity index (χ0v) is 11.1. The van der Waals surface area contributed by atoms with Crippen molar-refractivity contribution in [3.8, 4) is 0 Å². The maximum Gasteiger partial charge on any atom is 0.295 e.